The second-order valence-corrected chi connectivity index (χ2v) is 5.09. The average Bonchev–Trinajstić information content (AvgIpc) is 2.31. The van der Waals surface area contributed by atoms with E-state index in [1.807, 2.05) is 30.5 Å². The van der Waals surface area contributed by atoms with E-state index in [-0.39, 0.29) is 0 Å². The molecule has 0 amide bonds. The van der Waals surface area contributed by atoms with Gasteiger partial charge in [-0.05, 0) is 41.0 Å². The first-order valence-corrected chi connectivity index (χ1v) is 7.10. The zero-order chi connectivity index (χ0) is 12.3. The molecule has 0 unspecified atom stereocenters. The van der Waals surface area contributed by atoms with Gasteiger partial charge < -0.3 is 10.5 Å². The molecule has 2 N–H and O–H groups in total. The highest BCUT2D eigenvalue weighted by molar-refractivity contribution is 14.1. The number of hydrogen-bond acceptors (Lipinski definition) is 5. The van der Waals surface area contributed by atoms with Gasteiger partial charge in [0.2, 0.25) is 5.88 Å². The molecular formula is C11H10IN3OS. The minimum absolute atomic E-state index is 0.408. The first-order valence-electron chi connectivity index (χ1n) is 4.80. The molecule has 0 bridgehead atoms. The normalized spacial score (nSPS) is 10.2. The van der Waals surface area contributed by atoms with Gasteiger partial charge in [-0.1, -0.05) is 23.9 Å². The number of anilines is 1. The van der Waals surface area contributed by atoms with Crippen molar-refractivity contribution in [3.05, 3.63) is 33.9 Å². The van der Waals surface area contributed by atoms with Crippen LogP contribution in [0.4, 0.5) is 5.82 Å². The number of nitrogens with two attached hydrogens (primary N) is 1. The van der Waals surface area contributed by atoms with Crippen LogP contribution < -0.4 is 10.5 Å². The molecule has 1 heterocycles. The summed E-state index contributed by atoms with van der Waals surface area (Å²) in [5.41, 5.74) is 5.68. The lowest BCUT2D eigenvalue weighted by molar-refractivity contribution is 0.453. The molecule has 0 spiro atoms. The highest BCUT2D eigenvalue weighted by Gasteiger charge is 2.06. The third-order valence-electron chi connectivity index (χ3n) is 1.94. The fourth-order valence-corrected chi connectivity index (χ4v) is 2.08. The maximum Gasteiger partial charge on any atom is 0.225 e. The summed E-state index contributed by atoms with van der Waals surface area (Å²) in [6, 6.07) is 9.34. The summed E-state index contributed by atoms with van der Waals surface area (Å²) in [6.07, 6.45) is 1.89. The smallest absolute Gasteiger partial charge is 0.225 e. The van der Waals surface area contributed by atoms with Crippen LogP contribution in [0, 0.1) is 3.57 Å². The zero-order valence-electron chi connectivity index (χ0n) is 9.05. The fourth-order valence-electron chi connectivity index (χ4n) is 1.20. The van der Waals surface area contributed by atoms with Crippen LogP contribution in [-0.2, 0) is 0 Å². The molecule has 0 saturated carbocycles. The predicted octanol–water partition coefficient (Wildman–Crippen LogP) is 3.18. The Labute approximate surface area is 117 Å². The van der Waals surface area contributed by atoms with E-state index < -0.39 is 0 Å². The van der Waals surface area contributed by atoms with Crippen LogP contribution in [0.2, 0.25) is 0 Å². The van der Waals surface area contributed by atoms with Gasteiger partial charge in [-0.25, -0.2) is 4.98 Å². The summed E-state index contributed by atoms with van der Waals surface area (Å²) < 4.78 is 6.70. The van der Waals surface area contributed by atoms with Crippen LogP contribution in [-0.4, -0.2) is 16.2 Å². The van der Waals surface area contributed by atoms with Gasteiger partial charge in [0.25, 0.3) is 0 Å². The third kappa shape index (κ3) is 3.22. The van der Waals surface area contributed by atoms with Crippen molar-refractivity contribution in [3.8, 4) is 11.6 Å². The summed E-state index contributed by atoms with van der Waals surface area (Å²) in [4.78, 5) is 8.30. The molecule has 2 rings (SSSR count). The van der Waals surface area contributed by atoms with E-state index in [9.17, 15) is 0 Å². The Morgan fingerprint density at radius 3 is 2.76 bits per heavy atom. The summed E-state index contributed by atoms with van der Waals surface area (Å²) >= 11 is 3.64. The SMILES string of the molecule is CSc1nc(N)cc(Oc2ccccc2I)n1. The summed E-state index contributed by atoms with van der Waals surface area (Å²) in [5.74, 6) is 1.63. The van der Waals surface area contributed by atoms with E-state index in [2.05, 4.69) is 32.6 Å². The molecule has 0 saturated heterocycles. The van der Waals surface area contributed by atoms with Crippen LogP contribution >= 0.6 is 34.4 Å². The van der Waals surface area contributed by atoms with Gasteiger partial charge in [-0.3, -0.25) is 0 Å². The van der Waals surface area contributed by atoms with Crippen LogP contribution in [0.15, 0.2) is 35.5 Å². The second kappa shape index (κ2) is 5.54. The molecule has 2 aromatic rings. The molecule has 0 aliphatic carbocycles. The Morgan fingerprint density at radius 1 is 1.29 bits per heavy atom. The molecule has 1 aromatic heterocycles. The Morgan fingerprint density at radius 2 is 2.06 bits per heavy atom. The number of rotatable bonds is 3. The molecule has 0 radical (unpaired) electrons. The number of para-hydroxylation sites is 1. The van der Waals surface area contributed by atoms with E-state index in [0.717, 1.165) is 9.32 Å². The molecule has 0 atom stereocenters. The van der Waals surface area contributed by atoms with E-state index >= 15 is 0 Å². The highest BCUT2D eigenvalue weighted by atomic mass is 127. The van der Waals surface area contributed by atoms with Crippen molar-refractivity contribution in [1.29, 1.82) is 0 Å². The van der Waals surface area contributed by atoms with E-state index in [0.29, 0.717) is 16.9 Å². The van der Waals surface area contributed by atoms with Crippen LogP contribution in [0.1, 0.15) is 0 Å². The summed E-state index contributed by atoms with van der Waals surface area (Å²) in [6.45, 7) is 0. The molecular weight excluding hydrogens is 349 g/mol. The van der Waals surface area contributed by atoms with Gasteiger partial charge in [-0.2, -0.15) is 4.98 Å². The van der Waals surface area contributed by atoms with Crippen molar-refractivity contribution in [2.24, 2.45) is 0 Å². The predicted molar refractivity (Wildman–Crippen MR) is 77.5 cm³/mol. The number of nitrogens with zero attached hydrogens (tertiary/aromatic N) is 2. The van der Waals surface area contributed by atoms with Gasteiger partial charge in [0.1, 0.15) is 11.6 Å². The van der Waals surface area contributed by atoms with Crippen molar-refractivity contribution in [2.45, 2.75) is 5.16 Å². The second-order valence-electron chi connectivity index (χ2n) is 3.15. The maximum absolute atomic E-state index is 5.68. The fraction of sp³-hybridized carbons (Fsp3) is 0.0909. The van der Waals surface area contributed by atoms with Gasteiger partial charge in [0.15, 0.2) is 5.16 Å². The van der Waals surface area contributed by atoms with Crippen molar-refractivity contribution in [3.63, 3.8) is 0 Å². The number of nitrogen functional groups attached to an aromatic ring is 1. The molecule has 88 valence electrons. The largest absolute Gasteiger partial charge is 0.438 e. The first-order chi connectivity index (χ1) is 8.19. The highest BCUT2D eigenvalue weighted by Crippen LogP contribution is 2.26. The van der Waals surface area contributed by atoms with Gasteiger partial charge in [0, 0.05) is 6.07 Å². The minimum Gasteiger partial charge on any atom is -0.438 e. The molecule has 0 aliphatic rings. The van der Waals surface area contributed by atoms with E-state index in [4.69, 9.17) is 10.5 Å². The monoisotopic (exact) mass is 359 g/mol. The molecule has 0 fully saturated rings. The van der Waals surface area contributed by atoms with Crippen LogP contribution in [0.25, 0.3) is 0 Å². The zero-order valence-corrected chi connectivity index (χ0v) is 12.0. The number of halogens is 1. The lowest BCUT2D eigenvalue weighted by atomic mass is 10.3. The maximum atomic E-state index is 5.68. The first kappa shape index (κ1) is 12.4. The van der Waals surface area contributed by atoms with E-state index in [1.54, 1.807) is 6.07 Å². The quantitative estimate of drug-likeness (QED) is 0.518. The van der Waals surface area contributed by atoms with E-state index in [1.165, 1.54) is 11.8 Å². The summed E-state index contributed by atoms with van der Waals surface area (Å²) in [5, 5.41) is 0.603. The summed E-state index contributed by atoms with van der Waals surface area (Å²) in [7, 11) is 0. The lowest BCUT2D eigenvalue weighted by Gasteiger charge is -2.07. The number of thioether (sulfide) groups is 1. The minimum atomic E-state index is 0.408. The van der Waals surface area contributed by atoms with Gasteiger partial charge >= 0.3 is 0 Å². The molecule has 6 heteroatoms. The Hall–Kier alpha value is -1.02. The topological polar surface area (TPSA) is 61.0 Å². The van der Waals surface area contributed by atoms with Gasteiger partial charge in [-0.15, -0.1) is 0 Å². The third-order valence-corrected chi connectivity index (χ3v) is 3.37. The number of hydrogen-bond donors (Lipinski definition) is 1. The Balaban J connectivity index is 2.30. The van der Waals surface area contributed by atoms with Crippen LogP contribution in [0.5, 0.6) is 11.6 Å². The van der Waals surface area contributed by atoms with Crippen molar-refractivity contribution >= 4 is 40.2 Å². The number of benzene rings is 1. The Bertz CT molecular complexity index is 536. The van der Waals surface area contributed by atoms with Crippen molar-refractivity contribution in [1.82, 2.24) is 9.97 Å². The number of aromatic nitrogens is 2. The lowest BCUT2D eigenvalue weighted by Crippen LogP contribution is -1.97. The number of ether oxygens (including phenoxy) is 1. The Kier molecular flexibility index (Phi) is 4.06. The standard InChI is InChI=1S/C11H10IN3OS/c1-17-11-14-9(13)6-10(15-11)16-8-5-3-2-4-7(8)12/h2-6H,1H3,(H2,13,14,15). The molecule has 17 heavy (non-hydrogen) atoms. The average molecular weight is 359 g/mol. The molecule has 0 aliphatic heterocycles. The van der Waals surface area contributed by atoms with Crippen LogP contribution in [0.3, 0.4) is 0 Å². The molecule has 4 nitrogen and oxygen atoms in total. The van der Waals surface area contributed by atoms with Crippen molar-refractivity contribution in [2.75, 3.05) is 12.0 Å². The van der Waals surface area contributed by atoms with Gasteiger partial charge in [0.05, 0.1) is 3.57 Å². The molecule has 1 aromatic carbocycles. The van der Waals surface area contributed by atoms with Crippen molar-refractivity contribution < 1.29 is 4.74 Å².